The van der Waals surface area contributed by atoms with Crippen molar-refractivity contribution in [1.82, 2.24) is 4.90 Å². The van der Waals surface area contributed by atoms with Crippen LogP contribution in [0, 0.1) is 5.82 Å². The number of hydrogen-bond acceptors (Lipinski definition) is 2. The van der Waals surface area contributed by atoms with Crippen LogP contribution in [0.25, 0.3) is 0 Å². The fraction of sp³-hybridized carbons (Fsp3) is 0.278. The third-order valence-electron chi connectivity index (χ3n) is 3.64. The summed E-state index contributed by atoms with van der Waals surface area (Å²) in [5.74, 6) is -0.555. The molecule has 5 heteroatoms. The van der Waals surface area contributed by atoms with Gasteiger partial charge >= 0.3 is 0 Å². The second-order valence-corrected chi connectivity index (χ2v) is 7.20. The molecule has 0 aliphatic heterocycles. The van der Waals surface area contributed by atoms with Crippen LogP contribution < -0.4 is 0 Å². The summed E-state index contributed by atoms with van der Waals surface area (Å²) in [5, 5.41) is -0.677. The van der Waals surface area contributed by atoms with E-state index in [0.717, 1.165) is 5.56 Å². The minimum atomic E-state index is -1.47. The van der Waals surface area contributed by atoms with Gasteiger partial charge in [0, 0.05) is 30.0 Å². The molecule has 0 saturated carbocycles. The summed E-state index contributed by atoms with van der Waals surface area (Å²) in [6.45, 7) is 2.09. The lowest BCUT2D eigenvalue weighted by Crippen LogP contribution is -2.37. The molecule has 0 aliphatic rings. The number of amides is 1. The first kappa shape index (κ1) is 17.3. The van der Waals surface area contributed by atoms with Crippen LogP contribution in [0.5, 0.6) is 0 Å². The Bertz CT molecular complexity index is 690. The molecule has 2 atom stereocenters. The Morgan fingerprint density at radius 1 is 1.13 bits per heavy atom. The monoisotopic (exact) mass is 333 g/mol. The first-order chi connectivity index (χ1) is 11.0. The summed E-state index contributed by atoms with van der Waals surface area (Å²) in [5.41, 5.74) is 1.38. The lowest BCUT2D eigenvalue weighted by molar-refractivity contribution is -0.129. The van der Waals surface area contributed by atoms with E-state index in [4.69, 9.17) is 0 Å². The highest BCUT2D eigenvalue weighted by atomic mass is 32.2. The van der Waals surface area contributed by atoms with E-state index in [2.05, 4.69) is 0 Å². The predicted octanol–water partition coefficient (Wildman–Crippen LogP) is 3.12. The van der Waals surface area contributed by atoms with Crippen molar-refractivity contribution in [2.45, 2.75) is 24.5 Å². The van der Waals surface area contributed by atoms with Crippen molar-refractivity contribution in [3.8, 4) is 0 Å². The van der Waals surface area contributed by atoms with Crippen molar-refractivity contribution < 1.29 is 13.4 Å². The smallest absolute Gasteiger partial charge is 0.238 e. The quantitative estimate of drug-likeness (QED) is 0.814. The van der Waals surface area contributed by atoms with E-state index in [0.29, 0.717) is 12.1 Å². The molecule has 0 heterocycles. The molecule has 23 heavy (non-hydrogen) atoms. The van der Waals surface area contributed by atoms with Crippen molar-refractivity contribution in [3.63, 3.8) is 0 Å². The molecular weight excluding hydrogens is 313 g/mol. The van der Waals surface area contributed by atoms with Gasteiger partial charge in [0.1, 0.15) is 11.1 Å². The normalized spacial score (nSPS) is 13.3. The first-order valence-corrected chi connectivity index (χ1v) is 8.76. The summed E-state index contributed by atoms with van der Waals surface area (Å²) < 4.78 is 26.0. The van der Waals surface area contributed by atoms with Crippen LogP contribution in [0.4, 0.5) is 4.39 Å². The topological polar surface area (TPSA) is 37.4 Å². The highest BCUT2D eigenvalue weighted by molar-refractivity contribution is 7.85. The molecule has 2 aromatic rings. The number of nitrogens with zero attached hydrogens (tertiary/aromatic N) is 1. The number of rotatable bonds is 6. The molecule has 0 radical (unpaired) electrons. The second-order valence-electron chi connectivity index (χ2n) is 5.44. The standard InChI is InChI=1S/C18H20FNO2S/c1-14(23(22)13-16-10-6-7-11-17(16)19)18(21)20(2)12-15-8-4-3-5-9-15/h3-11,14H,12-13H2,1-2H3/t14-,23-/m0/s1. The number of benzene rings is 2. The van der Waals surface area contributed by atoms with Crippen LogP contribution in [0.1, 0.15) is 18.1 Å². The van der Waals surface area contributed by atoms with Gasteiger partial charge in [0.05, 0.1) is 5.75 Å². The number of halogens is 1. The minimum Gasteiger partial charge on any atom is -0.340 e. The molecule has 0 unspecified atom stereocenters. The van der Waals surface area contributed by atoms with Gasteiger partial charge in [-0.1, -0.05) is 48.5 Å². The summed E-state index contributed by atoms with van der Waals surface area (Å²) in [6.07, 6.45) is 0. The Hall–Kier alpha value is -2.01. The van der Waals surface area contributed by atoms with Gasteiger partial charge in [0.25, 0.3) is 0 Å². The lowest BCUT2D eigenvalue weighted by Gasteiger charge is -2.21. The van der Waals surface area contributed by atoms with Gasteiger partial charge in [-0.15, -0.1) is 0 Å². The Kier molecular flexibility index (Phi) is 6.04. The number of hydrogen-bond donors (Lipinski definition) is 0. The molecule has 122 valence electrons. The summed E-state index contributed by atoms with van der Waals surface area (Å²) >= 11 is 0. The molecule has 0 saturated heterocycles. The Balaban J connectivity index is 1.98. The van der Waals surface area contributed by atoms with E-state index < -0.39 is 21.9 Å². The van der Waals surface area contributed by atoms with Crippen molar-refractivity contribution in [3.05, 3.63) is 71.5 Å². The third-order valence-corrected chi connectivity index (χ3v) is 5.22. The largest absolute Gasteiger partial charge is 0.340 e. The maximum absolute atomic E-state index is 13.6. The van der Waals surface area contributed by atoms with Crippen LogP contribution in [0.2, 0.25) is 0 Å². The van der Waals surface area contributed by atoms with Crippen molar-refractivity contribution >= 4 is 16.7 Å². The Morgan fingerprint density at radius 3 is 2.39 bits per heavy atom. The van der Waals surface area contributed by atoms with Crippen LogP contribution >= 0.6 is 0 Å². The molecule has 0 bridgehead atoms. The van der Waals surface area contributed by atoms with Crippen LogP contribution in [-0.2, 0) is 27.9 Å². The van der Waals surface area contributed by atoms with Gasteiger partial charge in [-0.3, -0.25) is 9.00 Å². The van der Waals surface area contributed by atoms with Gasteiger partial charge in [0.2, 0.25) is 5.91 Å². The van der Waals surface area contributed by atoms with Gasteiger partial charge < -0.3 is 4.90 Å². The van der Waals surface area contributed by atoms with Crippen molar-refractivity contribution in [2.75, 3.05) is 7.05 Å². The third kappa shape index (κ3) is 4.73. The summed E-state index contributed by atoms with van der Waals surface area (Å²) in [6, 6.07) is 15.8. The van der Waals surface area contributed by atoms with E-state index >= 15 is 0 Å². The minimum absolute atomic E-state index is 0.0404. The fourth-order valence-electron chi connectivity index (χ4n) is 2.25. The lowest BCUT2D eigenvalue weighted by atomic mass is 10.2. The Labute approximate surface area is 138 Å². The molecule has 0 N–H and O–H groups in total. The highest BCUT2D eigenvalue weighted by Gasteiger charge is 2.24. The average molecular weight is 333 g/mol. The molecule has 0 aliphatic carbocycles. The molecule has 1 amide bonds. The van der Waals surface area contributed by atoms with E-state index in [1.54, 1.807) is 37.1 Å². The zero-order valence-electron chi connectivity index (χ0n) is 13.2. The average Bonchev–Trinajstić information content (AvgIpc) is 2.56. The second kappa shape index (κ2) is 8.02. The van der Waals surface area contributed by atoms with E-state index in [1.807, 2.05) is 30.3 Å². The summed E-state index contributed by atoms with van der Waals surface area (Å²) in [7, 11) is 0.221. The van der Waals surface area contributed by atoms with Gasteiger partial charge in [0.15, 0.2) is 0 Å². The molecule has 0 fully saturated rings. The molecule has 3 nitrogen and oxygen atoms in total. The number of carbonyl (C=O) groups is 1. The van der Waals surface area contributed by atoms with Gasteiger partial charge in [-0.05, 0) is 18.6 Å². The maximum atomic E-state index is 13.6. The first-order valence-electron chi connectivity index (χ1n) is 7.38. The SMILES string of the molecule is C[C@@H](C(=O)N(C)Cc1ccccc1)[S@@](=O)Cc1ccccc1F. The Morgan fingerprint density at radius 2 is 1.74 bits per heavy atom. The highest BCUT2D eigenvalue weighted by Crippen LogP contribution is 2.13. The molecule has 2 aromatic carbocycles. The van der Waals surface area contributed by atoms with Crippen molar-refractivity contribution in [1.29, 1.82) is 0 Å². The van der Waals surface area contributed by atoms with Crippen LogP contribution in [0.15, 0.2) is 54.6 Å². The number of carbonyl (C=O) groups excluding carboxylic acids is 1. The zero-order chi connectivity index (χ0) is 16.8. The van der Waals surface area contributed by atoms with Gasteiger partial charge in [-0.25, -0.2) is 4.39 Å². The molecule has 2 rings (SSSR count). The van der Waals surface area contributed by atoms with Gasteiger partial charge in [-0.2, -0.15) is 0 Å². The predicted molar refractivity (Wildman–Crippen MR) is 90.6 cm³/mol. The fourth-order valence-corrected chi connectivity index (χ4v) is 3.45. The van der Waals surface area contributed by atoms with Crippen LogP contribution in [0.3, 0.4) is 0 Å². The molecule has 0 spiro atoms. The van der Waals surface area contributed by atoms with Crippen LogP contribution in [-0.4, -0.2) is 27.3 Å². The van der Waals surface area contributed by atoms with E-state index in [-0.39, 0.29) is 11.7 Å². The van der Waals surface area contributed by atoms with Crippen molar-refractivity contribution in [2.24, 2.45) is 0 Å². The summed E-state index contributed by atoms with van der Waals surface area (Å²) in [4.78, 5) is 14.0. The maximum Gasteiger partial charge on any atom is 0.238 e. The van der Waals surface area contributed by atoms with E-state index in [1.165, 1.54) is 6.07 Å². The van der Waals surface area contributed by atoms with E-state index in [9.17, 15) is 13.4 Å². The molecule has 0 aromatic heterocycles. The molecular formula is C18H20FNO2S. The zero-order valence-corrected chi connectivity index (χ0v) is 14.1.